The molecule has 0 atom stereocenters. The van der Waals surface area contributed by atoms with Gasteiger partial charge in [-0.1, -0.05) is 0 Å². The normalized spacial score (nSPS) is 17.5. The van der Waals surface area contributed by atoms with Crippen molar-refractivity contribution in [2.75, 3.05) is 32.9 Å². The highest BCUT2D eigenvalue weighted by atomic mass is 16.5. The summed E-state index contributed by atoms with van der Waals surface area (Å²) in [5.74, 6) is 0.164. The largest absolute Gasteiger partial charge is 0.378 e. The fourth-order valence-corrected chi connectivity index (χ4v) is 1.35. The van der Waals surface area contributed by atoms with Crippen LogP contribution in [0.3, 0.4) is 0 Å². The molecule has 0 N–H and O–H groups in total. The fraction of sp³-hybridized carbons (Fsp3) is 0.889. The number of nitrogens with zero attached hydrogens (tertiary/aromatic N) is 1. The lowest BCUT2D eigenvalue weighted by atomic mass is 10.2. The van der Waals surface area contributed by atoms with Crippen molar-refractivity contribution in [3.05, 3.63) is 0 Å². The number of rotatable bonds is 4. The first-order chi connectivity index (χ1) is 6.34. The molecule has 0 unspecified atom stereocenters. The number of unbranched alkanes of at least 4 members (excludes halogenated alkanes) is 1. The molecule has 1 aliphatic heterocycles. The molecule has 75 valence electrons. The Hall–Kier alpha value is -0.610. The monoisotopic (exact) mass is 186 g/mol. The molecule has 0 aromatic rings. The highest BCUT2D eigenvalue weighted by Crippen LogP contribution is 2.03. The number of morpholine rings is 1. The molecular formula is C9H16NO3. The standard InChI is InChI=1S/C9H16NO3/c11-6-2-1-3-9(12)10-4-7-13-8-5-10/h1-8H2. The second-order valence-corrected chi connectivity index (χ2v) is 3.15. The number of carbonyl (C=O) groups excluding carboxylic acids is 1. The van der Waals surface area contributed by atoms with Gasteiger partial charge in [0, 0.05) is 19.5 Å². The Balaban J connectivity index is 2.13. The van der Waals surface area contributed by atoms with Gasteiger partial charge in [-0.2, -0.15) is 0 Å². The highest BCUT2D eigenvalue weighted by Gasteiger charge is 2.15. The Kier molecular flexibility index (Phi) is 4.78. The van der Waals surface area contributed by atoms with Crippen LogP contribution in [0.1, 0.15) is 19.3 Å². The van der Waals surface area contributed by atoms with Crippen LogP contribution in [0.4, 0.5) is 0 Å². The third kappa shape index (κ3) is 3.74. The Morgan fingerprint density at radius 2 is 1.92 bits per heavy atom. The molecule has 13 heavy (non-hydrogen) atoms. The molecule has 0 aliphatic carbocycles. The van der Waals surface area contributed by atoms with Gasteiger partial charge in [-0.15, -0.1) is 0 Å². The van der Waals surface area contributed by atoms with Gasteiger partial charge in [-0.05, 0) is 12.8 Å². The summed E-state index contributed by atoms with van der Waals surface area (Å²) in [7, 11) is 0. The highest BCUT2D eigenvalue weighted by molar-refractivity contribution is 5.76. The second kappa shape index (κ2) is 5.94. The van der Waals surface area contributed by atoms with E-state index in [-0.39, 0.29) is 12.5 Å². The van der Waals surface area contributed by atoms with Gasteiger partial charge in [0.15, 0.2) is 0 Å². The van der Waals surface area contributed by atoms with E-state index in [0.717, 1.165) is 6.42 Å². The first kappa shape index (κ1) is 10.5. The third-order valence-electron chi connectivity index (χ3n) is 2.15. The minimum atomic E-state index is -0.0730. The van der Waals surface area contributed by atoms with E-state index in [0.29, 0.717) is 39.1 Å². The van der Waals surface area contributed by atoms with Crippen LogP contribution < -0.4 is 0 Å². The zero-order valence-electron chi connectivity index (χ0n) is 7.83. The van der Waals surface area contributed by atoms with Crippen molar-refractivity contribution in [3.8, 4) is 0 Å². The van der Waals surface area contributed by atoms with Crippen LogP contribution in [0.15, 0.2) is 0 Å². The van der Waals surface area contributed by atoms with Crippen molar-refractivity contribution in [3.63, 3.8) is 0 Å². The van der Waals surface area contributed by atoms with Crippen LogP contribution in [-0.2, 0) is 14.6 Å². The SMILES string of the molecule is [O]CCCCC(=O)N1CCOCC1. The van der Waals surface area contributed by atoms with Crippen LogP contribution in [0, 0.1) is 0 Å². The summed E-state index contributed by atoms with van der Waals surface area (Å²) < 4.78 is 5.13. The molecule has 1 amide bonds. The number of hydrogen-bond donors (Lipinski definition) is 0. The zero-order valence-corrected chi connectivity index (χ0v) is 7.83. The minimum absolute atomic E-state index is 0.0730. The van der Waals surface area contributed by atoms with E-state index in [2.05, 4.69) is 0 Å². The van der Waals surface area contributed by atoms with Crippen LogP contribution in [0.2, 0.25) is 0 Å². The molecule has 1 heterocycles. The van der Waals surface area contributed by atoms with Gasteiger partial charge < -0.3 is 9.64 Å². The molecule has 1 fully saturated rings. The van der Waals surface area contributed by atoms with Gasteiger partial charge in [0.2, 0.25) is 5.91 Å². The van der Waals surface area contributed by atoms with Crippen molar-refractivity contribution < 1.29 is 14.6 Å². The van der Waals surface area contributed by atoms with Crippen LogP contribution >= 0.6 is 0 Å². The molecule has 0 spiro atoms. The van der Waals surface area contributed by atoms with Crippen molar-refractivity contribution in [2.24, 2.45) is 0 Å². The van der Waals surface area contributed by atoms with E-state index in [1.54, 1.807) is 0 Å². The average molecular weight is 186 g/mol. The predicted molar refractivity (Wildman–Crippen MR) is 46.8 cm³/mol. The molecule has 1 rings (SSSR count). The van der Waals surface area contributed by atoms with E-state index in [9.17, 15) is 9.90 Å². The molecule has 1 aliphatic rings. The van der Waals surface area contributed by atoms with Crippen molar-refractivity contribution >= 4 is 5.91 Å². The van der Waals surface area contributed by atoms with Crippen LogP contribution in [-0.4, -0.2) is 43.7 Å². The average Bonchev–Trinajstić information content (AvgIpc) is 2.19. The molecule has 0 bridgehead atoms. The van der Waals surface area contributed by atoms with E-state index in [4.69, 9.17) is 4.74 Å². The van der Waals surface area contributed by atoms with Gasteiger partial charge in [0.05, 0.1) is 19.8 Å². The maximum atomic E-state index is 11.4. The van der Waals surface area contributed by atoms with Crippen LogP contribution in [0.25, 0.3) is 0 Å². The Morgan fingerprint density at radius 1 is 1.23 bits per heavy atom. The van der Waals surface area contributed by atoms with Gasteiger partial charge in [-0.3, -0.25) is 4.79 Å². The maximum Gasteiger partial charge on any atom is 0.222 e. The lowest BCUT2D eigenvalue weighted by molar-refractivity contribution is -0.135. The zero-order chi connectivity index (χ0) is 9.52. The van der Waals surface area contributed by atoms with Crippen molar-refractivity contribution in [1.82, 2.24) is 4.90 Å². The lowest BCUT2D eigenvalue weighted by Gasteiger charge is -2.26. The van der Waals surface area contributed by atoms with Crippen molar-refractivity contribution in [1.29, 1.82) is 0 Å². The van der Waals surface area contributed by atoms with Gasteiger partial charge in [-0.25, -0.2) is 5.11 Å². The van der Waals surface area contributed by atoms with Gasteiger partial charge in [0.25, 0.3) is 0 Å². The summed E-state index contributed by atoms with van der Waals surface area (Å²) in [4.78, 5) is 13.3. The number of hydrogen-bond acceptors (Lipinski definition) is 2. The number of amides is 1. The summed E-state index contributed by atoms with van der Waals surface area (Å²) in [6, 6.07) is 0. The number of carbonyl (C=O) groups is 1. The Bertz CT molecular complexity index is 155. The van der Waals surface area contributed by atoms with E-state index in [1.807, 2.05) is 4.90 Å². The molecule has 0 aromatic carbocycles. The summed E-state index contributed by atoms with van der Waals surface area (Å²) in [5, 5.41) is 10.1. The van der Waals surface area contributed by atoms with Crippen LogP contribution in [0.5, 0.6) is 0 Å². The minimum Gasteiger partial charge on any atom is -0.378 e. The second-order valence-electron chi connectivity index (χ2n) is 3.15. The predicted octanol–water partition coefficient (Wildman–Crippen LogP) is 0.446. The first-order valence-corrected chi connectivity index (χ1v) is 4.78. The Labute approximate surface area is 78.5 Å². The van der Waals surface area contributed by atoms with Crippen molar-refractivity contribution in [2.45, 2.75) is 19.3 Å². The summed E-state index contributed by atoms with van der Waals surface area (Å²) in [5.41, 5.74) is 0. The van der Waals surface area contributed by atoms with Gasteiger partial charge >= 0.3 is 0 Å². The summed E-state index contributed by atoms with van der Waals surface area (Å²) in [6.45, 7) is 2.63. The topological polar surface area (TPSA) is 49.4 Å². The summed E-state index contributed by atoms with van der Waals surface area (Å²) >= 11 is 0. The van der Waals surface area contributed by atoms with Gasteiger partial charge in [0.1, 0.15) is 0 Å². The smallest absolute Gasteiger partial charge is 0.222 e. The number of ether oxygens (including phenoxy) is 1. The first-order valence-electron chi connectivity index (χ1n) is 4.78. The molecular weight excluding hydrogens is 170 g/mol. The molecule has 0 saturated carbocycles. The maximum absolute atomic E-state index is 11.4. The molecule has 0 aromatic heterocycles. The molecule has 1 radical (unpaired) electrons. The fourth-order valence-electron chi connectivity index (χ4n) is 1.35. The lowest BCUT2D eigenvalue weighted by Crippen LogP contribution is -2.40. The molecule has 4 nitrogen and oxygen atoms in total. The third-order valence-corrected chi connectivity index (χ3v) is 2.15. The molecule has 1 saturated heterocycles. The van der Waals surface area contributed by atoms with E-state index in [1.165, 1.54) is 0 Å². The Morgan fingerprint density at radius 3 is 2.54 bits per heavy atom. The summed E-state index contributed by atoms with van der Waals surface area (Å²) in [6.07, 6.45) is 1.85. The quantitative estimate of drug-likeness (QED) is 0.598. The van der Waals surface area contributed by atoms with E-state index < -0.39 is 0 Å². The molecule has 4 heteroatoms. The van der Waals surface area contributed by atoms with E-state index >= 15 is 0 Å².